The van der Waals surface area contributed by atoms with Gasteiger partial charge in [0.1, 0.15) is 11.6 Å². The zero-order valence-corrected chi connectivity index (χ0v) is 23.4. The molecule has 0 aromatic heterocycles. The van der Waals surface area contributed by atoms with Crippen LogP contribution < -0.4 is 9.89 Å². The molecule has 0 aliphatic carbocycles. The van der Waals surface area contributed by atoms with E-state index in [1.807, 2.05) is 40.7 Å². The molecular formula is C27H42BFO3Si. The highest BCUT2D eigenvalue weighted by Gasteiger charge is 2.53. The fourth-order valence-electron chi connectivity index (χ4n) is 5.64. The summed E-state index contributed by atoms with van der Waals surface area (Å²) in [6, 6.07) is 7.56. The van der Waals surface area contributed by atoms with E-state index in [1.165, 1.54) is 0 Å². The average Bonchev–Trinajstić information content (AvgIpc) is 2.91. The lowest BCUT2D eigenvalue weighted by molar-refractivity contribution is 0.00578. The lowest BCUT2D eigenvalue weighted by Gasteiger charge is -2.42. The van der Waals surface area contributed by atoms with Crippen LogP contribution >= 0.6 is 0 Å². The summed E-state index contributed by atoms with van der Waals surface area (Å²) in [7, 11) is -2.75. The highest BCUT2D eigenvalue weighted by molar-refractivity contribution is 6.78. The van der Waals surface area contributed by atoms with E-state index < -0.39 is 26.6 Å². The second-order valence-electron chi connectivity index (χ2n) is 11.5. The highest BCUT2D eigenvalue weighted by Crippen LogP contribution is 2.44. The summed E-state index contributed by atoms with van der Waals surface area (Å²) < 4.78 is 34.8. The van der Waals surface area contributed by atoms with Gasteiger partial charge in [0.2, 0.25) is 0 Å². The Labute approximate surface area is 201 Å². The van der Waals surface area contributed by atoms with Gasteiger partial charge in [-0.15, -0.1) is 0 Å². The molecule has 33 heavy (non-hydrogen) atoms. The van der Waals surface area contributed by atoms with Crippen molar-refractivity contribution in [1.82, 2.24) is 0 Å². The molecular weight excluding hydrogens is 430 g/mol. The molecule has 3 rings (SSSR count). The predicted molar refractivity (Wildman–Crippen MR) is 141 cm³/mol. The summed E-state index contributed by atoms with van der Waals surface area (Å²) >= 11 is 0. The number of benzene rings is 2. The Kier molecular flexibility index (Phi) is 7.17. The van der Waals surface area contributed by atoms with Gasteiger partial charge in [-0.3, -0.25) is 0 Å². The van der Waals surface area contributed by atoms with Gasteiger partial charge in [0.15, 0.2) is 0 Å². The molecule has 0 radical (unpaired) electrons. The van der Waals surface area contributed by atoms with Gasteiger partial charge < -0.3 is 13.7 Å². The molecule has 0 spiro atoms. The van der Waals surface area contributed by atoms with Crippen LogP contribution in [0, 0.1) is 5.82 Å². The maximum Gasteiger partial charge on any atom is 0.495 e. The van der Waals surface area contributed by atoms with Gasteiger partial charge in [-0.1, -0.05) is 54.5 Å². The predicted octanol–water partition coefficient (Wildman–Crippen LogP) is 7.39. The zero-order valence-electron chi connectivity index (χ0n) is 22.4. The molecule has 2 aromatic rings. The first-order valence-corrected chi connectivity index (χ1v) is 14.6. The largest absolute Gasteiger partial charge is 0.543 e. The van der Waals surface area contributed by atoms with Gasteiger partial charge in [-0.2, -0.15) is 0 Å². The van der Waals surface area contributed by atoms with Crippen molar-refractivity contribution in [2.45, 2.75) is 110 Å². The Morgan fingerprint density at radius 3 is 1.88 bits per heavy atom. The van der Waals surface area contributed by atoms with Crippen LogP contribution in [0.3, 0.4) is 0 Å². The van der Waals surface area contributed by atoms with Crippen molar-refractivity contribution in [1.29, 1.82) is 0 Å². The van der Waals surface area contributed by atoms with Crippen molar-refractivity contribution in [3.8, 4) is 5.75 Å². The lowest BCUT2D eigenvalue weighted by atomic mass is 9.74. The summed E-state index contributed by atoms with van der Waals surface area (Å²) in [5.74, 6) is 0.648. The van der Waals surface area contributed by atoms with E-state index >= 15 is 0 Å². The first kappa shape index (κ1) is 26.2. The first-order chi connectivity index (χ1) is 15.2. The Hall–Kier alpha value is -1.37. The second-order valence-corrected chi connectivity index (χ2v) is 16.9. The summed E-state index contributed by atoms with van der Waals surface area (Å²) in [5.41, 5.74) is 1.95. The van der Waals surface area contributed by atoms with E-state index in [0.717, 1.165) is 22.0 Å². The van der Waals surface area contributed by atoms with Crippen molar-refractivity contribution < 1.29 is 18.1 Å². The monoisotopic (exact) mass is 472 g/mol. The van der Waals surface area contributed by atoms with Gasteiger partial charge in [0, 0.05) is 0 Å². The Morgan fingerprint density at radius 1 is 0.909 bits per heavy atom. The Morgan fingerprint density at radius 2 is 1.42 bits per heavy atom. The SMILES string of the molecule is CCc1c(F)ccc2cc(O[Si](C(C)C)(C(C)C)C(C)C)cc(B3OC(C)(C)C(C)(C)O3)c12. The third-order valence-electron chi connectivity index (χ3n) is 8.03. The molecule has 1 heterocycles. The molecule has 0 amide bonds. The summed E-state index contributed by atoms with van der Waals surface area (Å²) in [6.07, 6.45) is 0.596. The van der Waals surface area contributed by atoms with E-state index in [4.69, 9.17) is 13.7 Å². The standard InChI is InChI=1S/C27H42BFO3Si/c1-12-22-24(29)14-13-20-15-21(30-33(17(2)3,18(4)5)19(6)7)16-23(25(20)22)28-31-26(8,9)27(10,11)32-28/h13-19H,12H2,1-11H3. The van der Waals surface area contributed by atoms with Gasteiger partial charge in [0.05, 0.1) is 11.2 Å². The van der Waals surface area contributed by atoms with Crippen LogP contribution in [-0.2, 0) is 15.7 Å². The molecule has 1 fully saturated rings. The molecule has 0 atom stereocenters. The molecule has 2 aromatic carbocycles. The number of hydrogen-bond acceptors (Lipinski definition) is 3. The molecule has 0 bridgehead atoms. The van der Waals surface area contributed by atoms with Crippen molar-refractivity contribution in [3.05, 3.63) is 35.6 Å². The molecule has 0 N–H and O–H groups in total. The number of hydrogen-bond donors (Lipinski definition) is 0. The summed E-state index contributed by atoms with van der Waals surface area (Å²) in [5, 5.41) is 1.85. The molecule has 1 aliphatic heterocycles. The molecule has 0 saturated carbocycles. The van der Waals surface area contributed by atoms with Crippen LogP contribution in [0.2, 0.25) is 16.6 Å². The molecule has 3 nitrogen and oxygen atoms in total. The molecule has 182 valence electrons. The van der Waals surface area contributed by atoms with Crippen LogP contribution in [0.1, 0.15) is 81.7 Å². The van der Waals surface area contributed by atoms with Crippen LogP contribution in [-0.4, -0.2) is 26.6 Å². The van der Waals surface area contributed by atoms with E-state index in [2.05, 4.69) is 53.7 Å². The van der Waals surface area contributed by atoms with Crippen molar-refractivity contribution in [2.24, 2.45) is 0 Å². The first-order valence-electron chi connectivity index (χ1n) is 12.5. The molecule has 6 heteroatoms. The summed E-state index contributed by atoms with van der Waals surface area (Å²) in [4.78, 5) is 0. The Bertz CT molecular complexity index is 978. The number of rotatable bonds is 7. The third kappa shape index (κ3) is 4.39. The van der Waals surface area contributed by atoms with Gasteiger partial charge >= 0.3 is 7.12 Å². The lowest BCUT2D eigenvalue weighted by Crippen LogP contribution is -2.51. The number of halogens is 1. The fraction of sp³-hybridized carbons (Fsp3) is 0.630. The van der Waals surface area contributed by atoms with Crippen LogP contribution in [0.25, 0.3) is 10.8 Å². The summed E-state index contributed by atoms with van der Waals surface area (Å²) in [6.45, 7) is 23.9. The van der Waals surface area contributed by atoms with E-state index in [1.54, 1.807) is 6.07 Å². The minimum atomic E-state index is -2.16. The third-order valence-corrected chi connectivity index (χ3v) is 14.0. The quantitative estimate of drug-likeness (QED) is 0.393. The second kappa shape index (κ2) is 9.01. The van der Waals surface area contributed by atoms with Gasteiger partial charge in [-0.25, -0.2) is 4.39 Å². The van der Waals surface area contributed by atoms with E-state index in [-0.39, 0.29) is 5.82 Å². The molecule has 0 unspecified atom stereocenters. The van der Waals surface area contributed by atoms with Gasteiger partial charge in [-0.05, 0) is 90.7 Å². The highest BCUT2D eigenvalue weighted by atomic mass is 28.4. The van der Waals surface area contributed by atoms with Crippen molar-refractivity contribution in [2.75, 3.05) is 0 Å². The minimum absolute atomic E-state index is 0.188. The van der Waals surface area contributed by atoms with Crippen LogP contribution in [0.15, 0.2) is 24.3 Å². The van der Waals surface area contributed by atoms with Crippen LogP contribution in [0.5, 0.6) is 5.75 Å². The molecule has 1 aliphatic rings. The number of fused-ring (bicyclic) bond motifs is 1. The smallest absolute Gasteiger partial charge is 0.495 e. The maximum absolute atomic E-state index is 14.9. The van der Waals surface area contributed by atoms with E-state index in [0.29, 0.717) is 28.6 Å². The van der Waals surface area contributed by atoms with E-state index in [9.17, 15) is 4.39 Å². The molecule has 1 saturated heterocycles. The maximum atomic E-state index is 14.9. The van der Waals surface area contributed by atoms with Crippen LogP contribution in [0.4, 0.5) is 4.39 Å². The van der Waals surface area contributed by atoms with Gasteiger partial charge in [0.25, 0.3) is 8.32 Å². The fourth-order valence-corrected chi connectivity index (χ4v) is 10.9. The normalized spacial score (nSPS) is 18.2. The van der Waals surface area contributed by atoms with Crippen molar-refractivity contribution in [3.63, 3.8) is 0 Å². The zero-order chi connectivity index (χ0) is 24.9. The minimum Gasteiger partial charge on any atom is -0.543 e. The Balaban J connectivity index is 2.26. The van der Waals surface area contributed by atoms with Crippen molar-refractivity contribution >= 4 is 31.7 Å². The average molecular weight is 473 g/mol. The topological polar surface area (TPSA) is 27.7 Å². The number of aryl methyl sites for hydroxylation is 1.